The lowest BCUT2D eigenvalue weighted by Crippen LogP contribution is -2.44. The summed E-state index contributed by atoms with van der Waals surface area (Å²) in [4.78, 5) is 13.5. The van der Waals surface area contributed by atoms with Crippen molar-refractivity contribution >= 4 is 29.1 Å². The highest BCUT2D eigenvalue weighted by Crippen LogP contribution is 2.32. The van der Waals surface area contributed by atoms with Gasteiger partial charge in [-0.15, -0.1) is 0 Å². The molecule has 19 heavy (non-hydrogen) atoms. The van der Waals surface area contributed by atoms with Gasteiger partial charge in [0, 0.05) is 35.0 Å². The van der Waals surface area contributed by atoms with E-state index < -0.39 is 5.97 Å². The second-order valence-electron chi connectivity index (χ2n) is 5.04. The molecule has 0 spiro atoms. The van der Waals surface area contributed by atoms with E-state index in [1.165, 1.54) is 0 Å². The van der Waals surface area contributed by atoms with Gasteiger partial charge >= 0.3 is 5.97 Å². The molecule has 2 unspecified atom stereocenters. The predicted octanol–water partition coefficient (Wildman–Crippen LogP) is 2.61. The molecule has 0 radical (unpaired) electrons. The highest BCUT2D eigenvalue weighted by molar-refractivity contribution is 8.00. The number of carboxylic acid groups (broad SMARTS) is 1. The minimum absolute atomic E-state index is 0.202. The Labute approximate surface area is 118 Å². The molecule has 1 saturated heterocycles. The molecule has 1 aliphatic rings. The minimum Gasteiger partial charge on any atom is -0.478 e. The molecule has 2 atom stereocenters. The van der Waals surface area contributed by atoms with E-state index in [9.17, 15) is 9.90 Å². The average molecular weight is 280 g/mol. The summed E-state index contributed by atoms with van der Waals surface area (Å²) in [5.74, 6) is 0.103. The van der Waals surface area contributed by atoms with Gasteiger partial charge in [-0.25, -0.2) is 4.79 Å². The Morgan fingerprint density at radius 3 is 2.79 bits per heavy atom. The number of carbonyl (C=O) groups is 1. The van der Waals surface area contributed by atoms with Gasteiger partial charge in [0.1, 0.15) is 0 Å². The molecule has 4 nitrogen and oxygen atoms in total. The zero-order valence-electron chi connectivity index (χ0n) is 11.5. The molecular formula is C14H20N2O2S. The summed E-state index contributed by atoms with van der Waals surface area (Å²) in [5, 5.41) is 9.77. The maximum absolute atomic E-state index is 11.3. The topological polar surface area (TPSA) is 66.6 Å². The van der Waals surface area contributed by atoms with E-state index in [4.69, 9.17) is 5.73 Å². The highest BCUT2D eigenvalue weighted by Gasteiger charge is 2.26. The summed E-state index contributed by atoms with van der Waals surface area (Å²) in [6.07, 6.45) is 0. The number of anilines is 2. The zero-order valence-corrected chi connectivity index (χ0v) is 12.3. The number of rotatable bonds is 2. The molecular weight excluding hydrogens is 260 g/mol. The van der Waals surface area contributed by atoms with Crippen molar-refractivity contribution in [1.29, 1.82) is 0 Å². The van der Waals surface area contributed by atoms with Crippen LogP contribution < -0.4 is 10.6 Å². The summed E-state index contributed by atoms with van der Waals surface area (Å²) in [5.41, 5.74) is 8.20. The summed E-state index contributed by atoms with van der Waals surface area (Å²) < 4.78 is 0. The lowest BCUT2D eigenvalue weighted by molar-refractivity contribution is 0.0698. The number of nitrogens with two attached hydrogens (primary N) is 1. The van der Waals surface area contributed by atoms with Crippen molar-refractivity contribution in [3.63, 3.8) is 0 Å². The van der Waals surface area contributed by atoms with Crippen LogP contribution in [0.1, 0.15) is 29.8 Å². The Bertz CT molecular complexity index is 504. The molecule has 5 heteroatoms. The lowest BCUT2D eigenvalue weighted by Gasteiger charge is -2.39. The second kappa shape index (κ2) is 5.33. The van der Waals surface area contributed by atoms with Crippen LogP contribution in [0.3, 0.4) is 0 Å². The molecule has 0 aromatic heterocycles. The van der Waals surface area contributed by atoms with Gasteiger partial charge in [-0.2, -0.15) is 11.8 Å². The molecule has 1 heterocycles. The van der Waals surface area contributed by atoms with Gasteiger partial charge in [0.2, 0.25) is 0 Å². The first kappa shape index (κ1) is 14.1. The molecule has 1 aliphatic heterocycles. The van der Waals surface area contributed by atoms with Crippen LogP contribution in [0.5, 0.6) is 0 Å². The second-order valence-corrected chi connectivity index (χ2v) is 6.52. The van der Waals surface area contributed by atoms with Gasteiger partial charge < -0.3 is 15.7 Å². The quantitative estimate of drug-likeness (QED) is 0.815. The Balaban J connectivity index is 2.42. The van der Waals surface area contributed by atoms with Gasteiger partial charge in [0.15, 0.2) is 0 Å². The van der Waals surface area contributed by atoms with Crippen molar-refractivity contribution in [3.8, 4) is 0 Å². The third-order valence-corrected chi connectivity index (χ3v) is 5.16. The van der Waals surface area contributed by atoms with Crippen molar-refractivity contribution < 1.29 is 9.90 Å². The molecule has 104 valence electrons. The van der Waals surface area contributed by atoms with E-state index in [-0.39, 0.29) is 5.56 Å². The van der Waals surface area contributed by atoms with Crippen LogP contribution >= 0.6 is 11.8 Å². The molecule has 2 rings (SSSR count). The summed E-state index contributed by atoms with van der Waals surface area (Å²) in [6, 6.07) is 4.08. The van der Waals surface area contributed by atoms with Crippen LogP contribution in [-0.2, 0) is 0 Å². The number of thioether (sulfide) groups is 1. The number of hydrogen-bond donors (Lipinski definition) is 2. The molecule has 1 aromatic carbocycles. The van der Waals surface area contributed by atoms with Gasteiger partial charge in [-0.3, -0.25) is 0 Å². The molecule has 1 fully saturated rings. The van der Waals surface area contributed by atoms with Gasteiger partial charge in [-0.05, 0) is 31.5 Å². The number of hydrogen-bond acceptors (Lipinski definition) is 4. The van der Waals surface area contributed by atoms with Crippen LogP contribution in [0.15, 0.2) is 12.1 Å². The molecule has 0 amide bonds. The molecule has 0 aliphatic carbocycles. The molecule has 0 bridgehead atoms. The SMILES string of the molecule is Cc1cc(N2CCSC(C)C2C)cc(C(=O)O)c1N. The van der Waals surface area contributed by atoms with Gasteiger partial charge in [-0.1, -0.05) is 6.92 Å². The van der Waals surface area contributed by atoms with Gasteiger partial charge in [0.25, 0.3) is 0 Å². The zero-order chi connectivity index (χ0) is 14.2. The minimum atomic E-state index is -0.963. The Hall–Kier alpha value is -1.36. The Morgan fingerprint density at radius 2 is 2.16 bits per heavy atom. The summed E-state index contributed by atoms with van der Waals surface area (Å²) >= 11 is 1.96. The first-order valence-corrected chi connectivity index (χ1v) is 7.48. The lowest BCUT2D eigenvalue weighted by atomic mass is 10.0. The summed E-state index contributed by atoms with van der Waals surface area (Å²) in [6.45, 7) is 7.20. The van der Waals surface area contributed by atoms with E-state index in [1.807, 2.05) is 24.8 Å². The largest absolute Gasteiger partial charge is 0.478 e. The normalized spacial score (nSPS) is 23.4. The standard InChI is InChI=1S/C14H20N2O2S/c1-8-6-11(7-12(13(8)15)14(17)18)16-4-5-19-10(3)9(16)2/h6-7,9-10H,4-5,15H2,1-3H3,(H,17,18). The highest BCUT2D eigenvalue weighted by atomic mass is 32.2. The number of nitrogen functional groups attached to an aromatic ring is 1. The van der Waals surface area contributed by atoms with Crippen molar-refractivity contribution in [2.45, 2.75) is 32.1 Å². The number of aryl methyl sites for hydroxylation is 1. The van der Waals surface area contributed by atoms with Crippen molar-refractivity contribution in [3.05, 3.63) is 23.3 Å². The fourth-order valence-electron chi connectivity index (χ4n) is 2.42. The monoisotopic (exact) mass is 280 g/mol. The predicted molar refractivity (Wildman–Crippen MR) is 81.3 cm³/mol. The molecule has 0 saturated carbocycles. The number of aromatic carboxylic acids is 1. The third kappa shape index (κ3) is 2.66. The van der Waals surface area contributed by atoms with E-state index in [0.717, 1.165) is 23.5 Å². The third-order valence-electron chi connectivity index (χ3n) is 3.82. The Morgan fingerprint density at radius 1 is 1.47 bits per heavy atom. The maximum Gasteiger partial charge on any atom is 0.337 e. The van der Waals surface area contributed by atoms with E-state index >= 15 is 0 Å². The summed E-state index contributed by atoms with van der Waals surface area (Å²) in [7, 11) is 0. The first-order valence-electron chi connectivity index (χ1n) is 6.43. The van der Waals surface area contributed by atoms with Crippen LogP contribution in [0.2, 0.25) is 0 Å². The van der Waals surface area contributed by atoms with E-state index in [2.05, 4.69) is 18.7 Å². The average Bonchev–Trinajstić information content (AvgIpc) is 2.35. The van der Waals surface area contributed by atoms with Gasteiger partial charge in [0.05, 0.1) is 5.56 Å². The smallest absolute Gasteiger partial charge is 0.337 e. The van der Waals surface area contributed by atoms with Crippen LogP contribution in [0, 0.1) is 6.92 Å². The van der Waals surface area contributed by atoms with E-state index in [0.29, 0.717) is 17.0 Å². The maximum atomic E-state index is 11.3. The van der Waals surface area contributed by atoms with Crippen LogP contribution in [-0.4, -0.2) is 34.7 Å². The van der Waals surface area contributed by atoms with Crippen LogP contribution in [0.4, 0.5) is 11.4 Å². The number of carboxylic acids is 1. The van der Waals surface area contributed by atoms with Crippen molar-refractivity contribution in [2.75, 3.05) is 22.9 Å². The first-order chi connectivity index (χ1) is 8.91. The van der Waals surface area contributed by atoms with Crippen molar-refractivity contribution in [1.82, 2.24) is 0 Å². The van der Waals surface area contributed by atoms with Crippen molar-refractivity contribution in [2.24, 2.45) is 0 Å². The van der Waals surface area contributed by atoms with Crippen LogP contribution in [0.25, 0.3) is 0 Å². The van der Waals surface area contributed by atoms with E-state index in [1.54, 1.807) is 6.07 Å². The fourth-order valence-corrected chi connectivity index (χ4v) is 3.52. The molecule has 3 N–H and O–H groups in total. The number of benzene rings is 1. The fraction of sp³-hybridized carbons (Fsp3) is 0.500. The number of nitrogens with zero attached hydrogens (tertiary/aromatic N) is 1. The molecule has 1 aromatic rings. The Kier molecular flexibility index (Phi) is 3.94.